The molecule has 6 nitrogen and oxygen atoms in total. The van der Waals surface area contributed by atoms with E-state index in [2.05, 4.69) is 5.32 Å². The van der Waals surface area contributed by atoms with Gasteiger partial charge in [-0.25, -0.2) is 4.39 Å². The van der Waals surface area contributed by atoms with Crippen molar-refractivity contribution in [3.8, 4) is 11.5 Å². The molecule has 3 aromatic carbocycles. The predicted molar refractivity (Wildman–Crippen MR) is 163 cm³/mol. The van der Waals surface area contributed by atoms with Crippen molar-refractivity contribution < 1.29 is 23.5 Å². The monoisotopic (exact) mass is 574 g/mol. The number of carbonyl (C=O) groups is 2. The Kier molecular flexibility index (Phi) is 11.8. The molecule has 1 saturated carbocycles. The summed E-state index contributed by atoms with van der Waals surface area (Å²) in [7, 11) is 0. The van der Waals surface area contributed by atoms with Crippen molar-refractivity contribution >= 4 is 11.8 Å². The molecule has 0 bridgehead atoms. The van der Waals surface area contributed by atoms with Crippen LogP contribution in [0.25, 0.3) is 0 Å². The molecule has 0 unspecified atom stereocenters. The van der Waals surface area contributed by atoms with Crippen molar-refractivity contribution in [3.05, 3.63) is 95.3 Å². The number of aryl methyl sites for hydroxylation is 1. The highest BCUT2D eigenvalue weighted by atomic mass is 19.1. The topological polar surface area (TPSA) is 67.9 Å². The van der Waals surface area contributed by atoms with Crippen LogP contribution in [0.3, 0.4) is 0 Å². The molecular formula is C35H43FN2O4. The lowest BCUT2D eigenvalue weighted by Crippen LogP contribution is -2.52. The number of rotatable bonds is 14. The zero-order chi connectivity index (χ0) is 29.7. The van der Waals surface area contributed by atoms with Crippen molar-refractivity contribution in [1.82, 2.24) is 10.2 Å². The molecule has 1 atom stereocenters. The Balaban J connectivity index is 1.59. The molecule has 2 amide bonds. The van der Waals surface area contributed by atoms with E-state index in [-0.39, 0.29) is 36.6 Å². The molecule has 1 N–H and O–H groups in total. The van der Waals surface area contributed by atoms with Gasteiger partial charge in [-0.15, -0.1) is 0 Å². The second-order valence-corrected chi connectivity index (χ2v) is 10.8. The second kappa shape index (κ2) is 15.9. The number of benzene rings is 3. The molecule has 0 aromatic heterocycles. The molecule has 0 saturated heterocycles. The minimum atomic E-state index is -0.703. The van der Waals surface area contributed by atoms with Crippen LogP contribution in [0.4, 0.5) is 4.39 Å². The van der Waals surface area contributed by atoms with Crippen LogP contribution in [0.2, 0.25) is 0 Å². The Bertz CT molecular complexity index is 1280. The summed E-state index contributed by atoms with van der Waals surface area (Å²) in [6.07, 6.45) is 6.37. The van der Waals surface area contributed by atoms with E-state index >= 15 is 0 Å². The Labute approximate surface area is 249 Å². The van der Waals surface area contributed by atoms with Gasteiger partial charge in [0, 0.05) is 25.4 Å². The van der Waals surface area contributed by atoms with Crippen molar-refractivity contribution in [2.24, 2.45) is 0 Å². The molecule has 0 spiro atoms. The van der Waals surface area contributed by atoms with E-state index in [1.165, 1.54) is 18.6 Å². The Morgan fingerprint density at radius 2 is 1.52 bits per heavy atom. The number of halogens is 1. The van der Waals surface area contributed by atoms with E-state index in [4.69, 9.17) is 9.47 Å². The normalized spacial score (nSPS) is 14.2. The van der Waals surface area contributed by atoms with E-state index in [1.54, 1.807) is 17.0 Å². The average Bonchev–Trinajstić information content (AvgIpc) is 3.01. The zero-order valence-corrected chi connectivity index (χ0v) is 24.8. The molecule has 0 aliphatic heterocycles. The van der Waals surface area contributed by atoms with Gasteiger partial charge in [0.15, 0.2) is 11.5 Å². The van der Waals surface area contributed by atoms with Gasteiger partial charge in [0.05, 0.1) is 13.2 Å². The molecule has 7 heteroatoms. The van der Waals surface area contributed by atoms with Crippen LogP contribution in [0.15, 0.2) is 72.8 Å². The summed E-state index contributed by atoms with van der Waals surface area (Å²) in [5, 5.41) is 3.26. The van der Waals surface area contributed by atoms with Crippen LogP contribution in [-0.2, 0) is 29.0 Å². The van der Waals surface area contributed by atoms with Gasteiger partial charge in [-0.3, -0.25) is 9.59 Å². The molecule has 0 radical (unpaired) electrons. The summed E-state index contributed by atoms with van der Waals surface area (Å²) in [6.45, 7) is 5.09. The lowest BCUT2D eigenvalue weighted by Gasteiger charge is -2.33. The van der Waals surface area contributed by atoms with Gasteiger partial charge >= 0.3 is 0 Å². The molecule has 4 rings (SSSR count). The van der Waals surface area contributed by atoms with Gasteiger partial charge in [0.25, 0.3) is 0 Å². The van der Waals surface area contributed by atoms with Gasteiger partial charge in [-0.1, -0.05) is 67.8 Å². The summed E-state index contributed by atoms with van der Waals surface area (Å²) >= 11 is 0. The summed E-state index contributed by atoms with van der Waals surface area (Å²) in [5.74, 6) is 0.718. The molecule has 3 aromatic rings. The first-order valence-corrected chi connectivity index (χ1v) is 15.2. The van der Waals surface area contributed by atoms with Crippen LogP contribution in [0.5, 0.6) is 11.5 Å². The fourth-order valence-corrected chi connectivity index (χ4v) is 5.53. The Hall–Kier alpha value is -3.87. The number of amides is 2. The molecule has 0 heterocycles. The Morgan fingerprint density at radius 1 is 0.857 bits per heavy atom. The largest absolute Gasteiger partial charge is 0.490 e. The summed E-state index contributed by atoms with van der Waals surface area (Å²) in [4.78, 5) is 29.6. The van der Waals surface area contributed by atoms with Crippen LogP contribution in [0, 0.1) is 5.82 Å². The first-order valence-electron chi connectivity index (χ1n) is 15.2. The third-order valence-electron chi connectivity index (χ3n) is 7.72. The summed E-state index contributed by atoms with van der Waals surface area (Å²) in [5.41, 5.74) is 2.70. The second-order valence-electron chi connectivity index (χ2n) is 10.8. The van der Waals surface area contributed by atoms with Crippen LogP contribution >= 0.6 is 0 Å². The molecule has 42 heavy (non-hydrogen) atoms. The van der Waals surface area contributed by atoms with E-state index in [0.717, 1.165) is 42.4 Å². The van der Waals surface area contributed by atoms with Gasteiger partial charge in [0.1, 0.15) is 11.9 Å². The van der Waals surface area contributed by atoms with Crippen molar-refractivity contribution in [1.29, 1.82) is 0 Å². The lowest BCUT2D eigenvalue weighted by atomic mass is 9.94. The summed E-state index contributed by atoms with van der Waals surface area (Å²) < 4.78 is 25.2. The first-order chi connectivity index (χ1) is 20.5. The Morgan fingerprint density at radius 3 is 2.21 bits per heavy atom. The van der Waals surface area contributed by atoms with Gasteiger partial charge in [-0.2, -0.15) is 0 Å². The average molecular weight is 575 g/mol. The van der Waals surface area contributed by atoms with Crippen molar-refractivity contribution in [2.75, 3.05) is 13.2 Å². The fourth-order valence-electron chi connectivity index (χ4n) is 5.53. The fraction of sp³-hybridized carbons (Fsp3) is 0.429. The maximum atomic E-state index is 14.0. The minimum absolute atomic E-state index is 0.119. The predicted octanol–water partition coefficient (Wildman–Crippen LogP) is 6.64. The van der Waals surface area contributed by atoms with E-state index < -0.39 is 6.04 Å². The van der Waals surface area contributed by atoms with E-state index in [9.17, 15) is 14.0 Å². The lowest BCUT2D eigenvalue weighted by molar-refractivity contribution is -0.141. The number of carbonyl (C=O) groups excluding carboxylic acids is 2. The van der Waals surface area contributed by atoms with E-state index in [1.807, 2.05) is 62.4 Å². The molecular weight excluding hydrogens is 531 g/mol. The maximum Gasteiger partial charge on any atom is 0.243 e. The number of hydrogen-bond donors (Lipinski definition) is 1. The van der Waals surface area contributed by atoms with Gasteiger partial charge < -0.3 is 19.7 Å². The smallest absolute Gasteiger partial charge is 0.243 e. The summed E-state index contributed by atoms with van der Waals surface area (Å²) in [6, 6.07) is 21.1. The molecule has 1 aliphatic rings. The number of ether oxygens (including phenoxy) is 2. The van der Waals surface area contributed by atoms with Gasteiger partial charge in [0.2, 0.25) is 11.8 Å². The molecule has 224 valence electrons. The van der Waals surface area contributed by atoms with Crippen LogP contribution in [0.1, 0.15) is 69.1 Å². The third kappa shape index (κ3) is 9.07. The highest BCUT2D eigenvalue weighted by molar-refractivity contribution is 5.88. The minimum Gasteiger partial charge on any atom is -0.490 e. The number of hydrogen-bond acceptors (Lipinski definition) is 4. The van der Waals surface area contributed by atoms with Crippen LogP contribution < -0.4 is 14.8 Å². The molecule has 1 aliphatic carbocycles. The third-order valence-corrected chi connectivity index (χ3v) is 7.72. The number of nitrogens with one attached hydrogen (secondary N) is 1. The molecule has 1 fully saturated rings. The van der Waals surface area contributed by atoms with Crippen LogP contribution in [-0.4, -0.2) is 42.0 Å². The first kappa shape index (κ1) is 31.1. The number of nitrogens with zero attached hydrogens (tertiary/aromatic N) is 1. The van der Waals surface area contributed by atoms with E-state index in [0.29, 0.717) is 37.6 Å². The SMILES string of the molecule is CCOc1ccc(CCC(=O)N(Cc2ccc(F)cc2)[C@H](Cc2ccccc2)C(=O)NC2CCCCC2)cc1OCC. The quantitative estimate of drug-likeness (QED) is 0.234. The maximum absolute atomic E-state index is 14.0. The highest BCUT2D eigenvalue weighted by Gasteiger charge is 2.31. The van der Waals surface area contributed by atoms with Crippen molar-refractivity contribution in [3.63, 3.8) is 0 Å². The van der Waals surface area contributed by atoms with Crippen molar-refractivity contribution in [2.45, 2.75) is 83.8 Å². The highest BCUT2D eigenvalue weighted by Crippen LogP contribution is 2.29. The zero-order valence-electron chi connectivity index (χ0n) is 24.8. The van der Waals surface area contributed by atoms with Gasteiger partial charge in [-0.05, 0) is 74.1 Å². The standard InChI is InChI=1S/C35H43FN2O4/c1-3-41-32-21-17-27(24-33(32)42-4-2)18-22-34(39)38(25-28-15-19-29(36)20-16-28)31(23-26-11-7-5-8-12-26)35(40)37-30-13-9-6-10-14-30/h5,7-8,11-12,15-17,19-21,24,30-31H,3-4,6,9-10,13-14,18,22-23,25H2,1-2H3,(H,37,40)/t31-/m1/s1.